The fourth-order valence-electron chi connectivity index (χ4n) is 2.63. The lowest BCUT2D eigenvalue weighted by Gasteiger charge is -2.24. The maximum absolute atomic E-state index is 13.9. The third kappa shape index (κ3) is 3.08. The van der Waals surface area contributed by atoms with E-state index in [1.807, 2.05) is 6.07 Å². The number of benzene rings is 1. The third-order valence-corrected chi connectivity index (χ3v) is 3.68. The Morgan fingerprint density at radius 1 is 1.28 bits per heavy atom. The van der Waals surface area contributed by atoms with Crippen molar-refractivity contribution in [3.8, 4) is 0 Å². The van der Waals surface area contributed by atoms with Crippen molar-refractivity contribution in [3.63, 3.8) is 0 Å². The van der Waals surface area contributed by atoms with Gasteiger partial charge in [-0.3, -0.25) is 0 Å². The number of rotatable bonds is 4. The second-order valence-electron chi connectivity index (χ2n) is 5.10. The first-order chi connectivity index (χ1) is 8.63. The van der Waals surface area contributed by atoms with Crippen molar-refractivity contribution in [2.24, 2.45) is 0 Å². The molecular formula is C15H21F2N. The fraction of sp³-hybridized carbons (Fsp3) is 0.600. The largest absolute Gasteiger partial charge is 0.317 e. The van der Waals surface area contributed by atoms with Crippen LogP contribution in [0.3, 0.4) is 0 Å². The minimum Gasteiger partial charge on any atom is -0.317 e. The lowest BCUT2D eigenvalue weighted by atomic mass is 9.88. The molecule has 1 N–H and O–H groups in total. The van der Waals surface area contributed by atoms with Crippen LogP contribution in [0.2, 0.25) is 0 Å². The van der Waals surface area contributed by atoms with Gasteiger partial charge in [0.25, 0.3) is 5.92 Å². The van der Waals surface area contributed by atoms with Crippen molar-refractivity contribution in [2.45, 2.75) is 44.4 Å². The minimum atomic E-state index is -2.68. The Bertz CT molecular complexity index is 384. The van der Waals surface area contributed by atoms with Gasteiger partial charge in [-0.25, -0.2) is 8.78 Å². The quantitative estimate of drug-likeness (QED) is 0.853. The lowest BCUT2D eigenvalue weighted by molar-refractivity contribution is -0.0141. The van der Waals surface area contributed by atoms with E-state index < -0.39 is 5.92 Å². The van der Waals surface area contributed by atoms with Gasteiger partial charge in [-0.1, -0.05) is 31.5 Å². The van der Waals surface area contributed by atoms with Crippen LogP contribution in [0.4, 0.5) is 8.78 Å². The van der Waals surface area contributed by atoms with Crippen LogP contribution in [-0.4, -0.2) is 13.1 Å². The van der Waals surface area contributed by atoms with Crippen LogP contribution >= 0.6 is 0 Å². The van der Waals surface area contributed by atoms with Crippen LogP contribution in [0.5, 0.6) is 0 Å². The van der Waals surface area contributed by atoms with E-state index in [-0.39, 0.29) is 12.0 Å². The van der Waals surface area contributed by atoms with Crippen LogP contribution in [-0.2, 0) is 5.92 Å². The molecule has 0 spiro atoms. The molecule has 18 heavy (non-hydrogen) atoms. The number of alkyl halides is 2. The SMILES string of the molecule is CCCC(F)(F)c1cccc(C2CCNCC2)c1. The first-order valence-corrected chi connectivity index (χ1v) is 6.82. The van der Waals surface area contributed by atoms with Crippen molar-refractivity contribution in [1.82, 2.24) is 5.32 Å². The van der Waals surface area contributed by atoms with Crippen molar-refractivity contribution in [2.75, 3.05) is 13.1 Å². The Kier molecular flexibility index (Phi) is 4.33. The number of halogens is 2. The summed E-state index contributed by atoms with van der Waals surface area (Å²) >= 11 is 0. The van der Waals surface area contributed by atoms with Gasteiger partial charge in [0.05, 0.1) is 0 Å². The van der Waals surface area contributed by atoms with Gasteiger partial charge >= 0.3 is 0 Å². The summed E-state index contributed by atoms with van der Waals surface area (Å²) in [7, 11) is 0. The molecule has 1 aromatic rings. The average Bonchev–Trinajstić information content (AvgIpc) is 2.40. The maximum Gasteiger partial charge on any atom is 0.273 e. The van der Waals surface area contributed by atoms with Crippen LogP contribution in [0.1, 0.15) is 49.7 Å². The molecule has 1 saturated heterocycles. The van der Waals surface area contributed by atoms with Gasteiger partial charge in [0.1, 0.15) is 0 Å². The molecule has 1 aliphatic rings. The highest BCUT2D eigenvalue weighted by Crippen LogP contribution is 2.35. The molecule has 1 heterocycles. The van der Waals surface area contributed by atoms with E-state index in [0.29, 0.717) is 12.3 Å². The van der Waals surface area contributed by atoms with Crippen molar-refractivity contribution >= 4 is 0 Å². The average molecular weight is 253 g/mol. The first kappa shape index (κ1) is 13.5. The van der Waals surface area contributed by atoms with Crippen molar-refractivity contribution in [1.29, 1.82) is 0 Å². The molecule has 0 saturated carbocycles. The Morgan fingerprint density at radius 3 is 2.67 bits per heavy atom. The highest BCUT2D eigenvalue weighted by atomic mass is 19.3. The molecular weight excluding hydrogens is 232 g/mol. The Morgan fingerprint density at radius 2 is 2.00 bits per heavy atom. The highest BCUT2D eigenvalue weighted by Gasteiger charge is 2.30. The zero-order chi connectivity index (χ0) is 13.0. The first-order valence-electron chi connectivity index (χ1n) is 6.82. The van der Waals surface area contributed by atoms with E-state index in [1.165, 1.54) is 0 Å². The van der Waals surface area contributed by atoms with Gasteiger partial charge in [-0.05, 0) is 43.5 Å². The smallest absolute Gasteiger partial charge is 0.273 e. The van der Waals surface area contributed by atoms with Crippen molar-refractivity contribution < 1.29 is 8.78 Å². The molecule has 0 atom stereocenters. The van der Waals surface area contributed by atoms with Gasteiger partial charge in [0, 0.05) is 12.0 Å². The van der Waals surface area contributed by atoms with E-state index in [9.17, 15) is 8.78 Å². The molecule has 1 aromatic carbocycles. The van der Waals surface area contributed by atoms with Crippen molar-refractivity contribution in [3.05, 3.63) is 35.4 Å². The molecule has 0 bridgehead atoms. The molecule has 1 nitrogen and oxygen atoms in total. The fourth-order valence-corrected chi connectivity index (χ4v) is 2.63. The van der Waals surface area contributed by atoms with Gasteiger partial charge in [-0.2, -0.15) is 0 Å². The summed E-state index contributed by atoms with van der Waals surface area (Å²) in [5.41, 5.74) is 1.25. The maximum atomic E-state index is 13.9. The molecule has 3 heteroatoms. The molecule has 2 rings (SSSR count). The Balaban J connectivity index is 2.18. The summed E-state index contributed by atoms with van der Waals surface area (Å²) in [4.78, 5) is 0. The van der Waals surface area contributed by atoms with E-state index in [2.05, 4.69) is 5.32 Å². The van der Waals surface area contributed by atoms with E-state index >= 15 is 0 Å². The van der Waals surface area contributed by atoms with Crippen LogP contribution in [0.25, 0.3) is 0 Å². The standard InChI is InChI=1S/C15H21F2N/c1-2-8-15(16,17)14-5-3-4-13(11-14)12-6-9-18-10-7-12/h3-5,11-12,18H,2,6-10H2,1H3. The topological polar surface area (TPSA) is 12.0 Å². The molecule has 1 fully saturated rings. The predicted molar refractivity (Wildman–Crippen MR) is 70.1 cm³/mol. The summed E-state index contributed by atoms with van der Waals surface area (Å²) in [6.45, 7) is 3.77. The second-order valence-corrected chi connectivity index (χ2v) is 5.10. The van der Waals surface area contributed by atoms with Gasteiger partial charge in [-0.15, -0.1) is 0 Å². The molecule has 0 aromatic heterocycles. The third-order valence-electron chi connectivity index (χ3n) is 3.68. The zero-order valence-corrected chi connectivity index (χ0v) is 10.9. The van der Waals surface area contributed by atoms with Crippen LogP contribution in [0, 0.1) is 0 Å². The molecule has 0 aliphatic carbocycles. The number of hydrogen-bond donors (Lipinski definition) is 1. The predicted octanol–water partition coefficient (Wildman–Crippen LogP) is 4.05. The van der Waals surface area contributed by atoms with E-state index in [0.717, 1.165) is 31.5 Å². The Hall–Kier alpha value is -0.960. The summed E-state index contributed by atoms with van der Waals surface area (Å²) in [6.07, 6.45) is 2.53. The van der Waals surface area contributed by atoms with E-state index in [1.54, 1.807) is 25.1 Å². The summed E-state index contributed by atoms with van der Waals surface area (Å²) in [5.74, 6) is -2.25. The lowest BCUT2D eigenvalue weighted by Crippen LogP contribution is -2.26. The highest BCUT2D eigenvalue weighted by molar-refractivity contribution is 5.29. The number of nitrogens with one attached hydrogen (secondary N) is 1. The molecule has 100 valence electrons. The summed E-state index contributed by atoms with van der Waals surface area (Å²) < 4.78 is 27.8. The number of piperidine rings is 1. The summed E-state index contributed by atoms with van der Waals surface area (Å²) in [5, 5.41) is 3.30. The van der Waals surface area contributed by atoms with Crippen LogP contribution in [0.15, 0.2) is 24.3 Å². The van der Waals surface area contributed by atoms with Gasteiger partial charge < -0.3 is 5.32 Å². The normalized spacial score (nSPS) is 17.9. The van der Waals surface area contributed by atoms with E-state index in [4.69, 9.17) is 0 Å². The van der Waals surface area contributed by atoms with Gasteiger partial charge in [0.2, 0.25) is 0 Å². The molecule has 0 amide bonds. The number of hydrogen-bond acceptors (Lipinski definition) is 1. The van der Waals surface area contributed by atoms with Crippen LogP contribution < -0.4 is 5.32 Å². The monoisotopic (exact) mass is 253 g/mol. The molecule has 1 aliphatic heterocycles. The minimum absolute atomic E-state index is 0.0668. The molecule has 0 radical (unpaired) electrons. The molecule has 0 unspecified atom stereocenters. The summed E-state index contributed by atoms with van der Waals surface area (Å²) in [6, 6.07) is 7.03. The Labute approximate surface area is 108 Å². The second kappa shape index (κ2) is 5.79. The zero-order valence-electron chi connectivity index (χ0n) is 10.9. The van der Waals surface area contributed by atoms with Gasteiger partial charge in [0.15, 0.2) is 0 Å².